The molecule has 0 aromatic carbocycles. The number of nitrogens with zero attached hydrogens (tertiary/aromatic N) is 2. The van der Waals surface area contributed by atoms with Crippen LogP contribution in [-0.4, -0.2) is 9.97 Å². The van der Waals surface area contributed by atoms with Crippen LogP contribution in [0.3, 0.4) is 0 Å². The summed E-state index contributed by atoms with van der Waals surface area (Å²) in [5, 5.41) is 3.41. The molecule has 0 amide bonds. The number of hydrogen-bond acceptors (Lipinski definition) is 4. The molecule has 0 bridgehead atoms. The largest absolute Gasteiger partial charge is 0.448 e. The maximum Gasteiger partial charge on any atom is 0.199 e. The van der Waals surface area contributed by atoms with Gasteiger partial charge in [0.05, 0.1) is 16.4 Å². The van der Waals surface area contributed by atoms with Crippen LogP contribution in [0.25, 0.3) is 0 Å². The number of rotatable bonds is 0. The Hall–Kier alpha value is -1.16. The van der Waals surface area contributed by atoms with Crippen LogP contribution in [0.4, 0.5) is 0 Å². The molecule has 148 valence electrons. The molecule has 0 radical (unpaired) electrons. The summed E-state index contributed by atoms with van der Waals surface area (Å²) in [6.07, 6.45) is 1.76. The third kappa shape index (κ3) is 6.53. The molecule has 0 aliphatic rings. The Kier molecular flexibility index (Phi) is 6.56. The first-order valence-corrected chi connectivity index (χ1v) is 10.2. The molecule has 2 heterocycles. The molecule has 26 heavy (non-hydrogen) atoms. The van der Waals surface area contributed by atoms with Gasteiger partial charge in [0.15, 0.2) is 5.89 Å². The Morgan fingerprint density at radius 2 is 1.15 bits per heavy atom. The van der Waals surface area contributed by atoms with E-state index in [1.807, 2.05) is 0 Å². The maximum atomic E-state index is 5.44. The molecule has 0 atom stereocenters. The summed E-state index contributed by atoms with van der Waals surface area (Å²) in [5.74, 6) is 0.817. The van der Waals surface area contributed by atoms with E-state index in [0.29, 0.717) is 0 Å². The number of oxazole rings is 1. The number of hydrogen-bond donors (Lipinski definition) is 0. The summed E-state index contributed by atoms with van der Waals surface area (Å²) < 4.78 is 5.44. The van der Waals surface area contributed by atoms with E-state index in [4.69, 9.17) is 4.42 Å². The lowest BCUT2D eigenvalue weighted by Gasteiger charge is -2.17. The van der Waals surface area contributed by atoms with Gasteiger partial charge in [0, 0.05) is 27.0 Å². The molecule has 0 aliphatic heterocycles. The van der Waals surface area contributed by atoms with Crippen LogP contribution in [-0.2, 0) is 21.7 Å². The Labute approximate surface area is 164 Å². The van der Waals surface area contributed by atoms with Gasteiger partial charge >= 0.3 is 0 Å². The van der Waals surface area contributed by atoms with Crippen LogP contribution in [0.2, 0.25) is 0 Å². The second kappa shape index (κ2) is 7.46. The SMILES string of the molecule is CC(C)(C)c1coc(C(C)(C)C)n1.CC(C)(C)c1csc(C(C)(C)C)n1. The van der Waals surface area contributed by atoms with Gasteiger partial charge in [-0.2, -0.15) is 0 Å². The first kappa shape index (κ1) is 22.9. The molecule has 0 spiro atoms. The Morgan fingerprint density at radius 3 is 1.38 bits per heavy atom. The first-order chi connectivity index (χ1) is 11.4. The van der Waals surface area contributed by atoms with Crippen LogP contribution < -0.4 is 0 Å². The van der Waals surface area contributed by atoms with Crippen molar-refractivity contribution in [3.05, 3.63) is 33.9 Å². The zero-order valence-electron chi connectivity index (χ0n) is 18.9. The Morgan fingerprint density at radius 1 is 0.654 bits per heavy atom. The van der Waals surface area contributed by atoms with Gasteiger partial charge in [0.25, 0.3) is 0 Å². The molecule has 0 saturated carbocycles. The lowest BCUT2D eigenvalue weighted by atomic mass is 9.92. The molecule has 3 nitrogen and oxygen atoms in total. The van der Waals surface area contributed by atoms with Crippen molar-refractivity contribution >= 4 is 11.3 Å². The Balaban J connectivity index is 0.000000260. The molecule has 2 rings (SSSR count). The van der Waals surface area contributed by atoms with Crippen LogP contribution in [0.5, 0.6) is 0 Å². The van der Waals surface area contributed by atoms with E-state index in [1.54, 1.807) is 17.6 Å². The zero-order chi connectivity index (χ0) is 20.6. The molecule has 4 heteroatoms. The average molecular weight is 379 g/mol. The predicted molar refractivity (Wildman–Crippen MR) is 113 cm³/mol. The van der Waals surface area contributed by atoms with Gasteiger partial charge in [0.1, 0.15) is 6.26 Å². The molecule has 2 aromatic rings. The summed E-state index contributed by atoms with van der Waals surface area (Å²) >= 11 is 1.77. The van der Waals surface area contributed by atoms with Gasteiger partial charge in [-0.25, -0.2) is 9.97 Å². The van der Waals surface area contributed by atoms with Gasteiger partial charge in [-0.3, -0.25) is 0 Å². The van der Waals surface area contributed by atoms with Gasteiger partial charge in [0.2, 0.25) is 0 Å². The quantitative estimate of drug-likeness (QED) is 0.495. The monoisotopic (exact) mass is 378 g/mol. The van der Waals surface area contributed by atoms with Gasteiger partial charge in [-0.05, 0) is 0 Å². The third-order valence-corrected chi connectivity index (χ3v) is 5.10. The van der Waals surface area contributed by atoms with E-state index < -0.39 is 0 Å². The van der Waals surface area contributed by atoms with Crippen molar-refractivity contribution in [2.75, 3.05) is 0 Å². The second-order valence-electron chi connectivity index (χ2n) is 11.1. The highest BCUT2D eigenvalue weighted by Crippen LogP contribution is 2.30. The van der Waals surface area contributed by atoms with Gasteiger partial charge < -0.3 is 4.42 Å². The van der Waals surface area contributed by atoms with Crippen LogP contribution in [0.15, 0.2) is 16.1 Å². The predicted octanol–water partition coefficient (Wildman–Crippen LogP) is 7.01. The molecule has 2 aromatic heterocycles. The standard InChI is InChI=1S/C11H19NO.C11H19NS/c2*1-10(2,3)8-7-13-9(12-8)11(4,5)6/h2*7H,1-6H3. The van der Waals surface area contributed by atoms with E-state index >= 15 is 0 Å². The fraction of sp³-hybridized carbons (Fsp3) is 0.727. The van der Waals surface area contributed by atoms with Crippen LogP contribution in [0.1, 0.15) is 105 Å². The summed E-state index contributed by atoms with van der Waals surface area (Å²) in [4.78, 5) is 9.16. The van der Waals surface area contributed by atoms with Crippen molar-refractivity contribution in [2.45, 2.75) is 105 Å². The summed E-state index contributed by atoms with van der Waals surface area (Å²) in [6.45, 7) is 25.9. The highest BCUT2D eigenvalue weighted by Gasteiger charge is 2.25. The summed E-state index contributed by atoms with van der Waals surface area (Å²) in [7, 11) is 0. The first-order valence-electron chi connectivity index (χ1n) is 9.35. The topological polar surface area (TPSA) is 38.9 Å². The lowest BCUT2D eigenvalue weighted by Crippen LogP contribution is -2.15. The molecule has 0 fully saturated rings. The second-order valence-corrected chi connectivity index (χ2v) is 11.9. The minimum atomic E-state index is 0.00347. The van der Waals surface area contributed by atoms with Crippen molar-refractivity contribution in [1.82, 2.24) is 9.97 Å². The van der Waals surface area contributed by atoms with Crippen molar-refractivity contribution in [2.24, 2.45) is 0 Å². The highest BCUT2D eigenvalue weighted by atomic mass is 32.1. The zero-order valence-corrected chi connectivity index (χ0v) is 19.7. The summed E-state index contributed by atoms with van der Waals surface area (Å²) in [5.41, 5.74) is 2.69. The smallest absolute Gasteiger partial charge is 0.199 e. The normalized spacial score (nSPS) is 13.4. The Bertz CT molecular complexity index is 579. The van der Waals surface area contributed by atoms with Crippen LogP contribution in [0, 0.1) is 0 Å². The summed E-state index contributed by atoms with van der Waals surface area (Å²) in [6, 6.07) is 0. The van der Waals surface area contributed by atoms with Gasteiger partial charge in [-0.1, -0.05) is 83.1 Å². The van der Waals surface area contributed by atoms with Crippen molar-refractivity contribution in [3.8, 4) is 0 Å². The maximum absolute atomic E-state index is 5.44. The average Bonchev–Trinajstić information content (AvgIpc) is 3.06. The molecule has 0 saturated heterocycles. The van der Waals surface area contributed by atoms with E-state index in [-0.39, 0.29) is 21.7 Å². The van der Waals surface area contributed by atoms with E-state index in [2.05, 4.69) is 98.4 Å². The molecular weight excluding hydrogens is 340 g/mol. The molecular formula is C22H38N2OS. The number of thiazole rings is 1. The molecule has 0 aliphatic carbocycles. The molecule has 0 unspecified atom stereocenters. The minimum absolute atomic E-state index is 0.00347. The fourth-order valence-electron chi connectivity index (χ4n) is 1.93. The van der Waals surface area contributed by atoms with E-state index in [0.717, 1.165) is 11.6 Å². The third-order valence-electron chi connectivity index (χ3n) is 3.83. The van der Waals surface area contributed by atoms with Gasteiger partial charge in [-0.15, -0.1) is 11.3 Å². The highest BCUT2D eigenvalue weighted by molar-refractivity contribution is 7.09. The van der Waals surface area contributed by atoms with E-state index in [1.165, 1.54) is 10.7 Å². The van der Waals surface area contributed by atoms with Crippen LogP contribution >= 0.6 is 11.3 Å². The fourth-order valence-corrected chi connectivity index (χ4v) is 3.06. The molecule has 0 N–H and O–H groups in total. The van der Waals surface area contributed by atoms with Crippen molar-refractivity contribution in [3.63, 3.8) is 0 Å². The lowest BCUT2D eigenvalue weighted by molar-refractivity contribution is 0.392. The van der Waals surface area contributed by atoms with E-state index in [9.17, 15) is 0 Å². The van der Waals surface area contributed by atoms with Crippen molar-refractivity contribution < 1.29 is 4.42 Å². The minimum Gasteiger partial charge on any atom is -0.448 e. The number of aromatic nitrogens is 2. The van der Waals surface area contributed by atoms with Crippen molar-refractivity contribution in [1.29, 1.82) is 0 Å².